The highest BCUT2D eigenvalue weighted by Crippen LogP contribution is 2.49. The smallest absolute Gasteiger partial charge is 0.309 e. The molecule has 0 amide bonds. The molecule has 4 atom stereocenters. The maximum Gasteiger partial charge on any atom is 0.309 e. The molecule has 26 heavy (non-hydrogen) atoms. The maximum atomic E-state index is 12.4. The predicted octanol–water partition coefficient (Wildman–Crippen LogP) is 3.69. The number of nitro benzene ring substituents is 1. The molecule has 1 aromatic carbocycles. The lowest BCUT2D eigenvalue weighted by molar-refractivity contribution is -0.384. The van der Waals surface area contributed by atoms with Gasteiger partial charge in [-0.2, -0.15) is 0 Å². The summed E-state index contributed by atoms with van der Waals surface area (Å²) in [6.45, 7) is 1.71. The summed E-state index contributed by atoms with van der Waals surface area (Å²) in [5.74, 6) is 1.39. The van der Waals surface area contributed by atoms with Gasteiger partial charge < -0.3 is 9.15 Å². The van der Waals surface area contributed by atoms with Gasteiger partial charge in [0.05, 0.1) is 10.8 Å². The van der Waals surface area contributed by atoms with Gasteiger partial charge in [0, 0.05) is 17.7 Å². The van der Waals surface area contributed by atoms with E-state index >= 15 is 0 Å². The van der Waals surface area contributed by atoms with E-state index < -0.39 is 11.0 Å². The lowest BCUT2D eigenvalue weighted by atomic mass is 9.89. The van der Waals surface area contributed by atoms with E-state index in [-0.39, 0.29) is 29.4 Å². The second-order valence-corrected chi connectivity index (χ2v) is 7.11. The number of fused-ring (bicyclic) bond motifs is 2. The van der Waals surface area contributed by atoms with E-state index in [0.29, 0.717) is 17.4 Å². The fourth-order valence-corrected chi connectivity index (χ4v) is 4.09. The highest BCUT2D eigenvalue weighted by molar-refractivity contribution is 5.73. The molecule has 1 heterocycles. The molecule has 2 fully saturated rings. The molecular formula is C18H19N3O5. The van der Waals surface area contributed by atoms with Crippen molar-refractivity contribution in [3.05, 3.63) is 40.3 Å². The van der Waals surface area contributed by atoms with Gasteiger partial charge in [0.1, 0.15) is 0 Å². The number of carbonyl (C=O) groups is 1. The summed E-state index contributed by atoms with van der Waals surface area (Å²) in [6, 6.07) is 5.83. The van der Waals surface area contributed by atoms with E-state index in [1.807, 2.05) is 0 Å². The molecule has 0 aliphatic heterocycles. The number of benzene rings is 1. The van der Waals surface area contributed by atoms with Crippen molar-refractivity contribution in [3.63, 3.8) is 0 Å². The molecule has 2 aliphatic rings. The lowest BCUT2D eigenvalue weighted by Gasteiger charge is -2.21. The number of carbonyl (C=O) groups excluding carboxylic acids is 1. The summed E-state index contributed by atoms with van der Waals surface area (Å²) >= 11 is 0. The van der Waals surface area contributed by atoms with E-state index in [4.69, 9.17) is 9.15 Å². The quantitative estimate of drug-likeness (QED) is 0.456. The van der Waals surface area contributed by atoms with Crippen LogP contribution >= 0.6 is 0 Å². The Morgan fingerprint density at radius 2 is 2.04 bits per heavy atom. The van der Waals surface area contributed by atoms with Crippen molar-refractivity contribution in [1.82, 2.24) is 10.2 Å². The van der Waals surface area contributed by atoms with Crippen molar-refractivity contribution in [1.29, 1.82) is 0 Å². The fraction of sp³-hybridized carbons (Fsp3) is 0.500. The molecule has 2 saturated carbocycles. The van der Waals surface area contributed by atoms with Crippen LogP contribution in [0, 0.1) is 27.9 Å². The van der Waals surface area contributed by atoms with E-state index in [9.17, 15) is 14.9 Å². The zero-order valence-electron chi connectivity index (χ0n) is 14.3. The van der Waals surface area contributed by atoms with Crippen molar-refractivity contribution >= 4 is 11.7 Å². The van der Waals surface area contributed by atoms with Crippen LogP contribution in [0.3, 0.4) is 0 Å². The zero-order chi connectivity index (χ0) is 18.3. The molecule has 4 rings (SSSR count). The van der Waals surface area contributed by atoms with Crippen LogP contribution in [-0.4, -0.2) is 21.1 Å². The highest BCUT2D eigenvalue weighted by Gasteiger charge is 2.44. The summed E-state index contributed by atoms with van der Waals surface area (Å²) in [4.78, 5) is 22.7. The van der Waals surface area contributed by atoms with Crippen LogP contribution < -0.4 is 0 Å². The van der Waals surface area contributed by atoms with E-state index in [1.165, 1.54) is 18.6 Å². The first-order valence-electron chi connectivity index (χ1n) is 8.80. The summed E-state index contributed by atoms with van der Waals surface area (Å²) in [5, 5.41) is 18.6. The largest absolute Gasteiger partial charge is 0.452 e. The molecule has 2 bridgehead atoms. The third kappa shape index (κ3) is 3.07. The Labute approximate surface area is 149 Å². The number of nitrogens with zero attached hydrogens (tertiary/aromatic N) is 3. The van der Waals surface area contributed by atoms with Crippen LogP contribution in [-0.2, 0) is 9.53 Å². The number of hydrogen-bond acceptors (Lipinski definition) is 7. The first kappa shape index (κ1) is 16.7. The average Bonchev–Trinajstić information content (AvgIpc) is 3.38. The molecule has 0 saturated heterocycles. The monoisotopic (exact) mass is 357 g/mol. The van der Waals surface area contributed by atoms with E-state index in [1.54, 1.807) is 19.1 Å². The number of aromatic nitrogens is 2. The van der Waals surface area contributed by atoms with Crippen LogP contribution in [0.4, 0.5) is 5.69 Å². The summed E-state index contributed by atoms with van der Waals surface area (Å²) in [5.41, 5.74) is 0.558. The van der Waals surface area contributed by atoms with Gasteiger partial charge in [0.25, 0.3) is 11.6 Å². The number of non-ortho nitro benzene ring substituents is 1. The van der Waals surface area contributed by atoms with Crippen LogP contribution in [0.15, 0.2) is 28.7 Å². The Balaban J connectivity index is 1.42. The molecule has 2 aromatic rings. The third-order valence-electron chi connectivity index (χ3n) is 5.45. The fourth-order valence-electron chi connectivity index (χ4n) is 4.09. The van der Waals surface area contributed by atoms with E-state index in [2.05, 4.69) is 10.2 Å². The zero-order valence-corrected chi connectivity index (χ0v) is 14.3. The minimum atomic E-state index is -0.624. The Morgan fingerprint density at radius 1 is 1.27 bits per heavy atom. The first-order chi connectivity index (χ1) is 12.5. The van der Waals surface area contributed by atoms with Gasteiger partial charge in [0.2, 0.25) is 5.89 Å². The van der Waals surface area contributed by atoms with Crippen LogP contribution in [0.1, 0.15) is 44.6 Å². The topological polar surface area (TPSA) is 108 Å². The molecule has 8 nitrogen and oxygen atoms in total. The number of rotatable bonds is 5. The van der Waals surface area contributed by atoms with Gasteiger partial charge in [0.15, 0.2) is 6.10 Å². The number of esters is 1. The molecule has 2 aliphatic carbocycles. The standard InChI is InChI=1S/C18H19N3O5/c1-10(25-18(22)15-9-11-2-3-13(15)8-11)16-19-20-17(26-16)12-4-6-14(7-5-12)21(23)24/h4-7,10-11,13,15H,2-3,8-9H2,1H3/t10-,11-,13-,15+/m0/s1. The lowest BCUT2D eigenvalue weighted by Crippen LogP contribution is -2.24. The summed E-state index contributed by atoms with van der Waals surface area (Å²) in [6.07, 6.45) is 3.78. The van der Waals surface area contributed by atoms with Gasteiger partial charge in [-0.1, -0.05) is 6.42 Å². The Morgan fingerprint density at radius 3 is 2.65 bits per heavy atom. The molecule has 0 unspecified atom stereocenters. The van der Waals surface area contributed by atoms with Crippen molar-refractivity contribution in [2.75, 3.05) is 0 Å². The minimum absolute atomic E-state index is 0.00624. The molecule has 1 aromatic heterocycles. The SMILES string of the molecule is C[C@H](OC(=O)[C@@H]1C[C@H]2CC[C@H]1C2)c1nnc(-c2ccc([N+](=O)[O-])cc2)o1. The van der Waals surface area contributed by atoms with E-state index in [0.717, 1.165) is 19.3 Å². The van der Waals surface area contributed by atoms with Gasteiger partial charge in [-0.15, -0.1) is 10.2 Å². The summed E-state index contributed by atoms with van der Waals surface area (Å²) < 4.78 is 11.1. The summed E-state index contributed by atoms with van der Waals surface area (Å²) in [7, 11) is 0. The molecular weight excluding hydrogens is 338 g/mol. The van der Waals surface area contributed by atoms with Gasteiger partial charge >= 0.3 is 5.97 Å². The maximum absolute atomic E-state index is 12.4. The number of hydrogen-bond donors (Lipinski definition) is 0. The molecule has 0 spiro atoms. The predicted molar refractivity (Wildman–Crippen MR) is 89.8 cm³/mol. The molecule has 0 N–H and O–H groups in total. The van der Waals surface area contributed by atoms with Crippen molar-refractivity contribution in [3.8, 4) is 11.5 Å². The van der Waals surface area contributed by atoms with Crippen molar-refractivity contribution in [2.45, 2.75) is 38.7 Å². The molecule has 136 valence electrons. The molecule has 8 heteroatoms. The third-order valence-corrected chi connectivity index (χ3v) is 5.45. The minimum Gasteiger partial charge on any atom is -0.452 e. The van der Waals surface area contributed by atoms with Crippen molar-refractivity contribution < 1.29 is 18.9 Å². The Kier molecular flexibility index (Phi) is 4.18. The molecule has 0 radical (unpaired) electrons. The van der Waals surface area contributed by atoms with Gasteiger partial charge in [-0.25, -0.2) is 0 Å². The van der Waals surface area contributed by atoms with Crippen LogP contribution in [0.25, 0.3) is 11.5 Å². The van der Waals surface area contributed by atoms with Crippen molar-refractivity contribution in [2.24, 2.45) is 17.8 Å². The number of ether oxygens (including phenoxy) is 1. The average molecular weight is 357 g/mol. The second-order valence-electron chi connectivity index (χ2n) is 7.11. The number of nitro groups is 1. The van der Waals surface area contributed by atoms with Crippen LogP contribution in [0.2, 0.25) is 0 Å². The van der Waals surface area contributed by atoms with Gasteiger partial charge in [-0.3, -0.25) is 14.9 Å². The normalized spacial score (nSPS) is 25.2. The second kappa shape index (κ2) is 6.51. The Hall–Kier alpha value is -2.77. The highest BCUT2D eigenvalue weighted by atomic mass is 16.6. The Bertz CT molecular complexity index is 832. The van der Waals surface area contributed by atoms with Crippen LogP contribution in [0.5, 0.6) is 0 Å². The first-order valence-corrected chi connectivity index (χ1v) is 8.80. The van der Waals surface area contributed by atoms with Gasteiger partial charge in [-0.05, 0) is 50.2 Å².